The van der Waals surface area contributed by atoms with Crippen molar-refractivity contribution in [2.24, 2.45) is 5.92 Å². The van der Waals surface area contributed by atoms with E-state index in [0.717, 1.165) is 0 Å². The highest BCUT2D eigenvalue weighted by Gasteiger charge is 2.22. The van der Waals surface area contributed by atoms with Crippen LogP contribution in [0.4, 0.5) is 14.9 Å². The number of halogens is 1. The van der Waals surface area contributed by atoms with Crippen molar-refractivity contribution in [1.29, 1.82) is 0 Å². The Morgan fingerprint density at radius 2 is 1.79 bits per heavy atom. The van der Waals surface area contributed by atoms with E-state index in [-0.39, 0.29) is 11.8 Å². The molecule has 2 amide bonds. The van der Waals surface area contributed by atoms with Gasteiger partial charge in [-0.3, -0.25) is 0 Å². The lowest BCUT2D eigenvalue weighted by Crippen LogP contribution is -2.51. The highest BCUT2D eigenvalue weighted by Crippen LogP contribution is 2.24. The third-order valence-electron chi connectivity index (χ3n) is 4.99. The second kappa shape index (κ2) is 8.18. The molecule has 1 saturated heterocycles. The SMILES string of the molecule is O=C(N/C=C/C1CCCCC1)N1CCN(c2ccccc2F)CC1. The smallest absolute Gasteiger partial charge is 0.321 e. The number of urea groups is 1. The standard InChI is InChI=1S/C19H26FN3O/c20-17-8-4-5-9-18(17)22-12-14-23(15-13-22)19(24)21-11-10-16-6-2-1-3-7-16/h4-5,8-11,16H,1-3,6-7,12-15H2,(H,21,24)/b11-10+. The molecule has 4 nitrogen and oxygen atoms in total. The fraction of sp³-hybridized carbons (Fsp3) is 0.526. The third kappa shape index (κ3) is 4.28. The summed E-state index contributed by atoms with van der Waals surface area (Å²) >= 11 is 0. The Labute approximate surface area is 143 Å². The van der Waals surface area contributed by atoms with Gasteiger partial charge >= 0.3 is 6.03 Å². The zero-order chi connectivity index (χ0) is 16.8. The van der Waals surface area contributed by atoms with E-state index >= 15 is 0 Å². The molecule has 1 aliphatic heterocycles. The van der Waals surface area contributed by atoms with Crippen molar-refractivity contribution in [2.45, 2.75) is 32.1 Å². The minimum atomic E-state index is -0.203. The fourth-order valence-corrected chi connectivity index (χ4v) is 3.53. The second-order valence-electron chi connectivity index (χ2n) is 6.63. The summed E-state index contributed by atoms with van der Waals surface area (Å²) < 4.78 is 13.8. The monoisotopic (exact) mass is 331 g/mol. The Hall–Kier alpha value is -2.04. The van der Waals surface area contributed by atoms with Crippen LogP contribution >= 0.6 is 0 Å². The maximum absolute atomic E-state index is 13.8. The molecular weight excluding hydrogens is 305 g/mol. The van der Waals surface area contributed by atoms with Crippen LogP contribution in [0.3, 0.4) is 0 Å². The number of carbonyl (C=O) groups is 1. The molecule has 1 aromatic rings. The van der Waals surface area contributed by atoms with Gasteiger partial charge in [-0.25, -0.2) is 9.18 Å². The topological polar surface area (TPSA) is 35.6 Å². The van der Waals surface area contributed by atoms with Crippen molar-refractivity contribution in [3.63, 3.8) is 0 Å². The van der Waals surface area contributed by atoms with Crippen LogP contribution in [0.15, 0.2) is 36.5 Å². The number of hydrogen-bond donors (Lipinski definition) is 1. The minimum absolute atomic E-state index is 0.0600. The van der Waals surface area contributed by atoms with E-state index in [9.17, 15) is 9.18 Å². The molecule has 3 rings (SSSR count). The lowest BCUT2D eigenvalue weighted by atomic mass is 9.89. The summed E-state index contributed by atoms with van der Waals surface area (Å²) in [5, 5.41) is 2.88. The van der Waals surface area contributed by atoms with Gasteiger partial charge in [-0.15, -0.1) is 0 Å². The van der Waals surface area contributed by atoms with Gasteiger partial charge in [0.1, 0.15) is 5.82 Å². The van der Waals surface area contributed by atoms with Crippen LogP contribution in [-0.4, -0.2) is 37.1 Å². The first-order valence-electron chi connectivity index (χ1n) is 8.95. The average molecular weight is 331 g/mol. The zero-order valence-electron chi connectivity index (χ0n) is 14.1. The van der Waals surface area contributed by atoms with E-state index in [1.54, 1.807) is 17.0 Å². The molecule has 0 bridgehead atoms. The zero-order valence-corrected chi connectivity index (χ0v) is 14.1. The number of piperazine rings is 1. The van der Waals surface area contributed by atoms with Crippen LogP contribution in [0.2, 0.25) is 0 Å². The first-order valence-corrected chi connectivity index (χ1v) is 8.95. The van der Waals surface area contributed by atoms with E-state index < -0.39 is 0 Å². The summed E-state index contributed by atoms with van der Waals surface area (Å²) in [6.07, 6.45) is 10.3. The maximum Gasteiger partial charge on any atom is 0.321 e. The molecular formula is C19H26FN3O. The molecule has 0 aromatic heterocycles. The molecule has 130 valence electrons. The van der Waals surface area contributed by atoms with Gasteiger partial charge in [0.15, 0.2) is 0 Å². The van der Waals surface area contributed by atoms with Gasteiger partial charge in [0, 0.05) is 32.4 Å². The Morgan fingerprint density at radius 1 is 1.08 bits per heavy atom. The van der Waals surface area contributed by atoms with Gasteiger partial charge in [0.25, 0.3) is 0 Å². The van der Waals surface area contributed by atoms with Crippen LogP contribution < -0.4 is 10.2 Å². The predicted octanol–water partition coefficient (Wildman–Crippen LogP) is 3.75. The number of amides is 2. The predicted molar refractivity (Wildman–Crippen MR) is 94.4 cm³/mol. The molecule has 1 saturated carbocycles. The lowest BCUT2D eigenvalue weighted by Gasteiger charge is -2.36. The first-order chi connectivity index (χ1) is 11.7. The molecule has 5 heteroatoms. The molecule has 0 atom stereocenters. The molecule has 2 fully saturated rings. The summed E-state index contributed by atoms with van der Waals surface area (Å²) in [6.45, 7) is 2.52. The lowest BCUT2D eigenvalue weighted by molar-refractivity contribution is 0.198. The minimum Gasteiger partial charge on any atom is -0.366 e. The number of rotatable bonds is 3. The number of benzene rings is 1. The van der Waals surface area contributed by atoms with E-state index in [1.807, 2.05) is 17.2 Å². The van der Waals surface area contributed by atoms with Crippen molar-refractivity contribution in [3.05, 3.63) is 42.4 Å². The number of nitrogens with one attached hydrogen (secondary N) is 1. The van der Waals surface area contributed by atoms with Gasteiger partial charge in [-0.1, -0.05) is 37.5 Å². The summed E-state index contributed by atoms with van der Waals surface area (Å²) in [6, 6.07) is 6.74. The molecule has 1 aliphatic carbocycles. The summed E-state index contributed by atoms with van der Waals surface area (Å²) in [4.78, 5) is 16.0. The molecule has 1 N–H and O–H groups in total. The molecule has 1 aromatic carbocycles. The first kappa shape index (κ1) is 16.8. The summed E-state index contributed by atoms with van der Waals surface area (Å²) in [5.74, 6) is 0.405. The van der Waals surface area contributed by atoms with Crippen molar-refractivity contribution < 1.29 is 9.18 Å². The van der Waals surface area contributed by atoms with Gasteiger partial charge in [-0.2, -0.15) is 0 Å². The third-order valence-corrected chi connectivity index (χ3v) is 4.99. The fourth-order valence-electron chi connectivity index (χ4n) is 3.53. The Morgan fingerprint density at radius 3 is 2.50 bits per heavy atom. The molecule has 0 unspecified atom stereocenters. The average Bonchev–Trinajstić information content (AvgIpc) is 2.63. The molecule has 1 heterocycles. The van der Waals surface area contributed by atoms with Gasteiger partial charge in [0.2, 0.25) is 0 Å². The Bertz CT molecular complexity index is 576. The number of hydrogen-bond acceptors (Lipinski definition) is 2. The maximum atomic E-state index is 13.8. The van der Waals surface area contributed by atoms with E-state index in [1.165, 1.54) is 38.2 Å². The van der Waals surface area contributed by atoms with Crippen LogP contribution in [0.5, 0.6) is 0 Å². The van der Waals surface area contributed by atoms with Crippen LogP contribution in [0.25, 0.3) is 0 Å². The van der Waals surface area contributed by atoms with Crippen LogP contribution in [0.1, 0.15) is 32.1 Å². The van der Waals surface area contributed by atoms with Gasteiger partial charge in [-0.05, 0) is 30.9 Å². The Balaban J connectivity index is 1.45. The summed E-state index contributed by atoms with van der Waals surface area (Å²) in [5.41, 5.74) is 0.620. The van der Waals surface area contributed by atoms with Crippen molar-refractivity contribution >= 4 is 11.7 Å². The molecule has 2 aliphatic rings. The van der Waals surface area contributed by atoms with E-state index in [0.29, 0.717) is 37.8 Å². The van der Waals surface area contributed by atoms with E-state index in [4.69, 9.17) is 0 Å². The van der Waals surface area contributed by atoms with Gasteiger partial charge in [0.05, 0.1) is 5.69 Å². The number of anilines is 1. The largest absolute Gasteiger partial charge is 0.366 e. The van der Waals surface area contributed by atoms with Crippen molar-refractivity contribution in [2.75, 3.05) is 31.1 Å². The highest BCUT2D eigenvalue weighted by molar-refractivity contribution is 5.75. The highest BCUT2D eigenvalue weighted by atomic mass is 19.1. The van der Waals surface area contributed by atoms with Crippen LogP contribution in [0, 0.1) is 11.7 Å². The molecule has 24 heavy (non-hydrogen) atoms. The normalized spacial score (nSPS) is 19.7. The number of carbonyl (C=O) groups excluding carboxylic acids is 1. The summed E-state index contributed by atoms with van der Waals surface area (Å²) in [7, 11) is 0. The van der Waals surface area contributed by atoms with Crippen molar-refractivity contribution in [3.8, 4) is 0 Å². The second-order valence-corrected chi connectivity index (χ2v) is 6.63. The van der Waals surface area contributed by atoms with Crippen molar-refractivity contribution in [1.82, 2.24) is 10.2 Å². The van der Waals surface area contributed by atoms with Crippen LogP contribution in [-0.2, 0) is 0 Å². The molecule has 0 radical (unpaired) electrons. The number of para-hydroxylation sites is 1. The number of allylic oxidation sites excluding steroid dienone is 1. The molecule has 0 spiro atoms. The van der Waals surface area contributed by atoms with Gasteiger partial charge < -0.3 is 15.1 Å². The Kier molecular flexibility index (Phi) is 5.72. The van der Waals surface area contributed by atoms with E-state index in [2.05, 4.69) is 11.4 Å². The number of nitrogens with zero attached hydrogens (tertiary/aromatic N) is 2. The quantitative estimate of drug-likeness (QED) is 0.915.